The van der Waals surface area contributed by atoms with Crippen LogP contribution >= 0.6 is 0 Å². The number of rotatable bonds is 8. The number of methoxy groups -OCH3 is 1. The Morgan fingerprint density at radius 2 is 1.86 bits per heavy atom. The van der Waals surface area contributed by atoms with Crippen LogP contribution in [0.1, 0.15) is 34.1 Å². The van der Waals surface area contributed by atoms with Crippen molar-refractivity contribution >= 4 is 9.28 Å². The normalized spacial score (nSPS) is 15.9. The first kappa shape index (κ1) is 14.1. The van der Waals surface area contributed by atoms with Crippen LogP contribution in [-0.4, -0.2) is 35.2 Å². The summed E-state index contributed by atoms with van der Waals surface area (Å²) in [6.45, 7) is 8.93. The molecule has 0 fully saturated rings. The largest absolute Gasteiger partial charge is 0.394 e. The minimum Gasteiger partial charge on any atom is -0.394 e. The van der Waals surface area contributed by atoms with Crippen LogP contribution in [-0.2, 0) is 13.6 Å². The minimum absolute atomic E-state index is 0.164. The van der Waals surface area contributed by atoms with Gasteiger partial charge in [0.25, 0.3) is 0 Å². The topological polar surface area (TPSA) is 27.7 Å². The predicted octanol–water partition coefficient (Wildman–Crippen LogP) is 2.09. The molecule has 0 heterocycles. The maximum Gasteiger partial charge on any atom is 0.321 e. The van der Waals surface area contributed by atoms with Gasteiger partial charge < -0.3 is 13.6 Å². The Hall–Kier alpha value is 0.0969. The second-order valence-electron chi connectivity index (χ2n) is 3.78. The molecule has 14 heavy (non-hydrogen) atoms. The Kier molecular flexibility index (Phi) is 8.47. The molecular formula is C10H24O3Si. The molecule has 0 radical (unpaired) electrons. The average molecular weight is 220 g/mol. The zero-order valence-electron chi connectivity index (χ0n) is 10.1. The molecule has 3 nitrogen and oxygen atoms in total. The molecule has 0 aromatic carbocycles. The van der Waals surface area contributed by atoms with Gasteiger partial charge in [-0.2, -0.15) is 0 Å². The fourth-order valence-corrected chi connectivity index (χ4v) is 2.99. The van der Waals surface area contributed by atoms with Crippen molar-refractivity contribution in [2.45, 2.75) is 52.4 Å². The average Bonchev–Trinajstić information content (AvgIpc) is 2.13. The summed E-state index contributed by atoms with van der Waals surface area (Å²) >= 11 is 0. The van der Waals surface area contributed by atoms with Gasteiger partial charge in [-0.25, -0.2) is 0 Å². The maximum atomic E-state index is 5.75. The van der Waals surface area contributed by atoms with Gasteiger partial charge in [0.2, 0.25) is 0 Å². The summed E-state index contributed by atoms with van der Waals surface area (Å²) in [5, 5.41) is 0. The Morgan fingerprint density at radius 1 is 1.21 bits per heavy atom. The third-order valence-electron chi connectivity index (χ3n) is 1.87. The molecule has 0 aromatic rings. The van der Waals surface area contributed by atoms with E-state index in [4.69, 9.17) is 13.6 Å². The first-order valence-corrected chi connectivity index (χ1v) is 7.15. The smallest absolute Gasteiger partial charge is 0.321 e. The molecule has 0 saturated carbocycles. The molecule has 4 heteroatoms. The molecule has 0 aliphatic rings. The summed E-state index contributed by atoms with van der Waals surface area (Å²) in [5.41, 5.74) is 0. The van der Waals surface area contributed by atoms with Crippen LogP contribution in [0.15, 0.2) is 0 Å². The van der Waals surface area contributed by atoms with Crippen molar-refractivity contribution in [3.8, 4) is 0 Å². The third-order valence-corrected chi connectivity index (χ3v) is 4.33. The first-order valence-electron chi connectivity index (χ1n) is 5.40. The molecule has 0 N–H and O–H groups in total. The Labute approximate surface area is 89.6 Å². The van der Waals surface area contributed by atoms with Gasteiger partial charge in [0, 0.05) is 13.2 Å². The fourth-order valence-electron chi connectivity index (χ4n) is 1.04. The first-order chi connectivity index (χ1) is 6.60. The molecule has 2 unspecified atom stereocenters. The van der Waals surface area contributed by atoms with E-state index in [1.807, 2.05) is 6.92 Å². The van der Waals surface area contributed by atoms with Gasteiger partial charge in [0.15, 0.2) is 0 Å². The lowest BCUT2D eigenvalue weighted by molar-refractivity contribution is 0.0532. The molecule has 0 aromatic heterocycles. The van der Waals surface area contributed by atoms with Crippen molar-refractivity contribution < 1.29 is 13.6 Å². The molecule has 0 bridgehead atoms. The number of hydrogen-bond donors (Lipinski definition) is 0. The minimum atomic E-state index is -1.44. The van der Waals surface area contributed by atoms with E-state index in [0.717, 1.165) is 12.5 Å². The van der Waals surface area contributed by atoms with Crippen LogP contribution in [0.2, 0.25) is 6.04 Å². The molecule has 2 atom stereocenters. The fraction of sp³-hybridized carbons (Fsp3) is 1.00. The van der Waals surface area contributed by atoms with Crippen molar-refractivity contribution in [2.24, 2.45) is 0 Å². The zero-order chi connectivity index (χ0) is 11.0. The summed E-state index contributed by atoms with van der Waals surface area (Å²) < 4.78 is 16.6. The SMILES string of the molecule is CCC[SiH](OCC(C)OC)OC(C)C. The van der Waals surface area contributed by atoms with E-state index in [1.54, 1.807) is 7.11 Å². The molecule has 0 rings (SSSR count). The van der Waals surface area contributed by atoms with E-state index in [1.165, 1.54) is 0 Å². The Morgan fingerprint density at radius 3 is 2.29 bits per heavy atom. The Bertz CT molecular complexity index is 131. The van der Waals surface area contributed by atoms with Gasteiger partial charge in [-0.15, -0.1) is 0 Å². The quantitative estimate of drug-likeness (QED) is 0.586. The van der Waals surface area contributed by atoms with Gasteiger partial charge in [-0.05, 0) is 26.8 Å². The molecule has 0 spiro atoms. The highest BCUT2D eigenvalue weighted by Crippen LogP contribution is 2.05. The summed E-state index contributed by atoms with van der Waals surface area (Å²) in [6.07, 6.45) is 1.57. The highest BCUT2D eigenvalue weighted by molar-refractivity contribution is 6.44. The molecule has 0 aliphatic heterocycles. The van der Waals surface area contributed by atoms with Crippen LogP contribution < -0.4 is 0 Å². The third kappa shape index (κ3) is 7.50. The van der Waals surface area contributed by atoms with Crippen molar-refractivity contribution in [3.05, 3.63) is 0 Å². The highest BCUT2D eigenvalue weighted by atomic mass is 28.3. The molecule has 0 aliphatic carbocycles. The molecule has 86 valence electrons. The van der Waals surface area contributed by atoms with E-state index in [2.05, 4.69) is 20.8 Å². The lowest BCUT2D eigenvalue weighted by Gasteiger charge is -2.20. The van der Waals surface area contributed by atoms with Crippen LogP contribution in [0, 0.1) is 0 Å². The zero-order valence-corrected chi connectivity index (χ0v) is 11.2. The van der Waals surface area contributed by atoms with Crippen molar-refractivity contribution in [1.29, 1.82) is 0 Å². The summed E-state index contributed by atoms with van der Waals surface area (Å²) in [5.74, 6) is 0. The maximum absolute atomic E-state index is 5.75. The summed E-state index contributed by atoms with van der Waals surface area (Å²) in [7, 11) is 0.260. The Balaban J connectivity index is 3.72. The lowest BCUT2D eigenvalue weighted by Crippen LogP contribution is -2.29. The van der Waals surface area contributed by atoms with Gasteiger partial charge in [0.05, 0.1) is 12.7 Å². The molecular weight excluding hydrogens is 196 g/mol. The highest BCUT2D eigenvalue weighted by Gasteiger charge is 2.15. The number of hydrogen-bond acceptors (Lipinski definition) is 3. The molecule has 0 saturated heterocycles. The van der Waals surface area contributed by atoms with Crippen molar-refractivity contribution in [3.63, 3.8) is 0 Å². The van der Waals surface area contributed by atoms with Crippen molar-refractivity contribution in [2.75, 3.05) is 13.7 Å². The van der Waals surface area contributed by atoms with Crippen LogP contribution in [0.5, 0.6) is 0 Å². The van der Waals surface area contributed by atoms with Gasteiger partial charge >= 0.3 is 9.28 Å². The second-order valence-corrected chi connectivity index (χ2v) is 5.82. The van der Waals surface area contributed by atoms with Gasteiger partial charge in [0.1, 0.15) is 0 Å². The lowest BCUT2D eigenvalue weighted by atomic mass is 10.4. The van der Waals surface area contributed by atoms with Crippen LogP contribution in [0.3, 0.4) is 0 Å². The number of ether oxygens (including phenoxy) is 1. The second kappa shape index (κ2) is 8.41. The van der Waals surface area contributed by atoms with Gasteiger partial charge in [-0.3, -0.25) is 0 Å². The summed E-state index contributed by atoms with van der Waals surface area (Å²) in [4.78, 5) is 0. The van der Waals surface area contributed by atoms with Gasteiger partial charge in [-0.1, -0.05) is 13.3 Å². The predicted molar refractivity (Wildman–Crippen MR) is 60.9 cm³/mol. The monoisotopic (exact) mass is 220 g/mol. The van der Waals surface area contributed by atoms with Crippen LogP contribution in [0.25, 0.3) is 0 Å². The van der Waals surface area contributed by atoms with E-state index >= 15 is 0 Å². The van der Waals surface area contributed by atoms with Crippen LogP contribution in [0.4, 0.5) is 0 Å². The van der Waals surface area contributed by atoms with E-state index < -0.39 is 9.28 Å². The molecule has 0 amide bonds. The van der Waals surface area contributed by atoms with E-state index in [-0.39, 0.29) is 12.2 Å². The van der Waals surface area contributed by atoms with E-state index in [9.17, 15) is 0 Å². The van der Waals surface area contributed by atoms with E-state index in [0.29, 0.717) is 6.61 Å². The standard InChI is InChI=1S/C10H24O3Si/c1-6-7-14(13-9(2)3)12-8-10(4)11-5/h9-10,14H,6-8H2,1-5H3. The summed E-state index contributed by atoms with van der Waals surface area (Å²) in [6, 6.07) is 1.08. The van der Waals surface area contributed by atoms with Crippen molar-refractivity contribution in [1.82, 2.24) is 0 Å².